The molecule has 30 heavy (non-hydrogen) atoms. The largest absolute Gasteiger partial charge is 0.355 e. The van der Waals surface area contributed by atoms with Crippen molar-refractivity contribution in [3.63, 3.8) is 0 Å². The van der Waals surface area contributed by atoms with Crippen LogP contribution in [0.25, 0.3) is 10.9 Å². The Morgan fingerprint density at radius 3 is 2.90 bits per heavy atom. The Balaban J connectivity index is 1.77. The van der Waals surface area contributed by atoms with Crippen molar-refractivity contribution >= 4 is 16.8 Å². The first kappa shape index (κ1) is 20.7. The van der Waals surface area contributed by atoms with E-state index >= 15 is 0 Å². The lowest BCUT2D eigenvalue weighted by Crippen LogP contribution is -2.46. The fourth-order valence-electron chi connectivity index (χ4n) is 4.56. The van der Waals surface area contributed by atoms with Crippen LogP contribution in [0.4, 0.5) is 0 Å². The van der Waals surface area contributed by atoms with Crippen LogP contribution in [0, 0.1) is 5.92 Å². The van der Waals surface area contributed by atoms with Gasteiger partial charge in [0.05, 0.1) is 12.6 Å². The van der Waals surface area contributed by atoms with Crippen LogP contribution >= 0.6 is 0 Å². The molecule has 3 aromatic rings. The summed E-state index contributed by atoms with van der Waals surface area (Å²) in [5, 5.41) is 8.08. The van der Waals surface area contributed by atoms with E-state index in [4.69, 9.17) is 0 Å². The van der Waals surface area contributed by atoms with Crippen LogP contribution in [0.3, 0.4) is 0 Å². The summed E-state index contributed by atoms with van der Waals surface area (Å²) in [4.78, 5) is 17.4. The minimum atomic E-state index is -0.222. The maximum atomic E-state index is 12.9. The Bertz CT molecular complexity index is 1030. The van der Waals surface area contributed by atoms with Gasteiger partial charge in [0.1, 0.15) is 5.82 Å². The second-order valence-corrected chi connectivity index (χ2v) is 8.87. The van der Waals surface area contributed by atoms with Gasteiger partial charge in [0, 0.05) is 49.1 Å². The Kier molecular flexibility index (Phi) is 5.95. The number of hydrogen-bond acceptors (Lipinski definition) is 3. The van der Waals surface area contributed by atoms with Crippen molar-refractivity contribution in [3.05, 3.63) is 53.7 Å². The third-order valence-electron chi connectivity index (χ3n) is 6.02. The first-order chi connectivity index (χ1) is 14.5. The van der Waals surface area contributed by atoms with Gasteiger partial charge in [0.15, 0.2) is 0 Å². The van der Waals surface area contributed by atoms with Gasteiger partial charge in [-0.3, -0.25) is 10.1 Å². The van der Waals surface area contributed by atoms with Crippen LogP contribution in [0.2, 0.25) is 0 Å². The molecule has 0 saturated heterocycles. The van der Waals surface area contributed by atoms with Gasteiger partial charge in [-0.25, -0.2) is 4.98 Å². The number of nitrogens with one attached hydrogen (secondary N) is 2. The van der Waals surface area contributed by atoms with Gasteiger partial charge in [0.25, 0.3) is 0 Å². The number of carbonyl (C=O) groups excluding carboxylic acids is 1. The predicted molar refractivity (Wildman–Crippen MR) is 120 cm³/mol. The molecule has 0 aliphatic carbocycles. The molecule has 2 atom stereocenters. The highest BCUT2D eigenvalue weighted by Crippen LogP contribution is 2.36. The number of aryl methyl sites for hydroxylation is 1. The van der Waals surface area contributed by atoms with Crippen molar-refractivity contribution < 1.29 is 4.79 Å². The average Bonchev–Trinajstić information content (AvgIpc) is 3.23. The molecule has 6 heteroatoms. The summed E-state index contributed by atoms with van der Waals surface area (Å²) in [6, 6.07) is 6.50. The zero-order chi connectivity index (χ0) is 21.3. The number of imidazole rings is 1. The van der Waals surface area contributed by atoms with E-state index in [-0.39, 0.29) is 18.0 Å². The highest BCUT2D eigenvalue weighted by Gasteiger charge is 2.30. The Hall–Kier alpha value is -2.60. The summed E-state index contributed by atoms with van der Waals surface area (Å²) in [6.07, 6.45) is 8.69. The van der Waals surface area contributed by atoms with E-state index in [2.05, 4.69) is 69.9 Å². The van der Waals surface area contributed by atoms with Gasteiger partial charge < -0.3 is 14.5 Å². The van der Waals surface area contributed by atoms with Crippen molar-refractivity contribution in [2.45, 2.75) is 58.7 Å². The molecule has 0 saturated carbocycles. The molecule has 4 rings (SSSR count). The number of amides is 1. The summed E-state index contributed by atoms with van der Waals surface area (Å²) in [7, 11) is 2.03. The average molecular weight is 408 g/mol. The molecule has 0 bridgehead atoms. The number of carbonyl (C=O) groups is 1. The first-order valence-electron chi connectivity index (χ1n) is 11.1. The molecule has 2 aromatic heterocycles. The third kappa shape index (κ3) is 4.01. The van der Waals surface area contributed by atoms with Crippen LogP contribution in [0.1, 0.15) is 56.6 Å². The van der Waals surface area contributed by atoms with Crippen LogP contribution in [0.15, 0.2) is 36.8 Å². The topological polar surface area (TPSA) is 63.9 Å². The van der Waals surface area contributed by atoms with Crippen molar-refractivity contribution in [1.29, 1.82) is 0 Å². The fraction of sp³-hybridized carbons (Fsp3) is 0.500. The van der Waals surface area contributed by atoms with Crippen LogP contribution in [-0.4, -0.2) is 32.6 Å². The zero-order valence-electron chi connectivity index (χ0n) is 18.5. The molecule has 160 valence electrons. The summed E-state index contributed by atoms with van der Waals surface area (Å²) >= 11 is 0. The number of aromatic nitrogens is 3. The van der Waals surface area contributed by atoms with Gasteiger partial charge in [-0.2, -0.15) is 0 Å². The second kappa shape index (κ2) is 8.64. The Morgan fingerprint density at radius 2 is 2.20 bits per heavy atom. The van der Waals surface area contributed by atoms with Gasteiger partial charge in [-0.1, -0.05) is 32.9 Å². The van der Waals surface area contributed by atoms with Crippen LogP contribution in [0.5, 0.6) is 0 Å². The molecule has 0 radical (unpaired) electrons. The zero-order valence-corrected chi connectivity index (χ0v) is 18.5. The van der Waals surface area contributed by atoms with E-state index in [1.807, 2.05) is 19.4 Å². The minimum Gasteiger partial charge on any atom is -0.355 e. The van der Waals surface area contributed by atoms with E-state index in [0.29, 0.717) is 18.9 Å². The van der Waals surface area contributed by atoms with Gasteiger partial charge in [-0.15, -0.1) is 0 Å². The van der Waals surface area contributed by atoms with E-state index in [0.717, 1.165) is 25.2 Å². The number of rotatable bonds is 7. The normalized spacial score (nSPS) is 18.7. The molecule has 1 amide bonds. The Labute approximate surface area is 178 Å². The van der Waals surface area contributed by atoms with Crippen LogP contribution in [-0.2, 0) is 24.8 Å². The van der Waals surface area contributed by atoms with Crippen LogP contribution < -0.4 is 10.6 Å². The smallest absolute Gasteiger partial charge is 0.237 e. The monoisotopic (exact) mass is 407 g/mol. The summed E-state index contributed by atoms with van der Waals surface area (Å²) in [5.74, 6) is 1.66. The summed E-state index contributed by atoms with van der Waals surface area (Å²) < 4.78 is 4.35. The number of nitrogens with zero attached hydrogens (tertiary/aromatic N) is 3. The second-order valence-electron chi connectivity index (χ2n) is 8.87. The molecule has 1 aromatic carbocycles. The van der Waals surface area contributed by atoms with E-state index in [1.54, 1.807) is 0 Å². The number of hydrogen-bond donors (Lipinski definition) is 2. The molecule has 2 N–H and O–H groups in total. The molecular weight excluding hydrogens is 374 g/mol. The Morgan fingerprint density at radius 1 is 1.37 bits per heavy atom. The molecule has 0 spiro atoms. The number of benzene rings is 1. The van der Waals surface area contributed by atoms with Crippen molar-refractivity contribution in [1.82, 2.24) is 24.8 Å². The quantitative estimate of drug-likeness (QED) is 0.630. The maximum Gasteiger partial charge on any atom is 0.237 e. The minimum absolute atomic E-state index is 0.100. The van der Waals surface area contributed by atoms with E-state index in [1.165, 1.54) is 22.0 Å². The van der Waals surface area contributed by atoms with E-state index < -0.39 is 0 Å². The molecular formula is C24H33N5O. The molecule has 0 fully saturated rings. The molecule has 6 nitrogen and oxygen atoms in total. The lowest BCUT2D eigenvalue weighted by molar-refractivity contribution is -0.123. The maximum absolute atomic E-state index is 12.9. The highest BCUT2D eigenvalue weighted by molar-refractivity contribution is 5.90. The lowest BCUT2D eigenvalue weighted by atomic mass is 9.94. The summed E-state index contributed by atoms with van der Waals surface area (Å²) in [6.45, 7) is 8.00. The van der Waals surface area contributed by atoms with Gasteiger partial charge in [-0.05, 0) is 42.4 Å². The third-order valence-corrected chi connectivity index (χ3v) is 6.02. The van der Waals surface area contributed by atoms with E-state index in [9.17, 15) is 4.79 Å². The first-order valence-corrected chi connectivity index (χ1v) is 11.1. The van der Waals surface area contributed by atoms with Gasteiger partial charge in [0.2, 0.25) is 5.91 Å². The fourth-order valence-corrected chi connectivity index (χ4v) is 4.56. The predicted octanol–water partition coefficient (Wildman–Crippen LogP) is 3.55. The molecule has 3 heterocycles. The molecule has 0 unspecified atom stereocenters. The highest BCUT2D eigenvalue weighted by atomic mass is 16.2. The van der Waals surface area contributed by atoms with Gasteiger partial charge >= 0.3 is 0 Å². The van der Waals surface area contributed by atoms with Crippen molar-refractivity contribution in [2.24, 2.45) is 13.0 Å². The molecule has 1 aliphatic heterocycles. The SMILES string of the molecule is CCCNC(=O)[C@@H]1Cc2cn(Cc3nccn3C)c3cccc(c23)[C@H](CC(C)C)N1. The van der Waals surface area contributed by atoms with Crippen molar-refractivity contribution in [2.75, 3.05) is 6.54 Å². The summed E-state index contributed by atoms with van der Waals surface area (Å²) in [5.41, 5.74) is 3.77. The van der Waals surface area contributed by atoms with Crippen molar-refractivity contribution in [3.8, 4) is 0 Å². The molecule has 1 aliphatic rings. The lowest BCUT2D eigenvalue weighted by Gasteiger charge is -2.25. The standard InChI is InChI=1S/C24H33N5O/c1-5-9-26-24(30)20-13-17-14-29(15-22-25-10-11-28(22)4)21-8-6-7-18(23(17)21)19(27-20)12-16(2)3/h6-8,10-11,14,16,19-20,27H,5,9,12-13,15H2,1-4H3,(H,26,30)/t19-,20-/m0/s1.